The summed E-state index contributed by atoms with van der Waals surface area (Å²) < 4.78 is 0. The number of nitrogens with two attached hydrogens (primary N) is 1. The van der Waals surface area contributed by atoms with Gasteiger partial charge < -0.3 is 5.43 Å². The normalized spacial score (nSPS) is 10.9. The van der Waals surface area contributed by atoms with E-state index >= 15 is 0 Å². The van der Waals surface area contributed by atoms with Crippen LogP contribution in [0.4, 0.5) is 11.8 Å². The van der Waals surface area contributed by atoms with Crippen LogP contribution in [0.15, 0.2) is 6.20 Å². The number of nitrogens with zero attached hydrogens (tertiary/aromatic N) is 4. The summed E-state index contributed by atoms with van der Waals surface area (Å²) >= 11 is 0. The van der Waals surface area contributed by atoms with Gasteiger partial charge in [-0.1, -0.05) is 0 Å². The molecule has 0 spiro atoms. The van der Waals surface area contributed by atoms with Crippen LogP contribution in [0.25, 0.3) is 11.0 Å². The fraction of sp³-hybridized carbons (Fsp3) is 0.286. The van der Waals surface area contributed by atoms with Gasteiger partial charge in [0.15, 0.2) is 11.5 Å². The zero-order chi connectivity index (χ0) is 10.8. The average Bonchev–Trinajstić information content (AvgIpc) is 2.64. The number of nitrogens with one attached hydrogen (secondary N) is 3. The Morgan fingerprint density at radius 2 is 2.20 bits per heavy atom. The first-order valence-electron chi connectivity index (χ1n) is 4.32. The number of aromatic nitrogens is 4. The summed E-state index contributed by atoms with van der Waals surface area (Å²) in [7, 11) is 3.73. The van der Waals surface area contributed by atoms with E-state index in [-0.39, 0.29) is 0 Å². The Labute approximate surface area is 85.8 Å². The van der Waals surface area contributed by atoms with Crippen molar-refractivity contribution in [3.8, 4) is 0 Å². The Balaban J connectivity index is 2.53. The van der Waals surface area contributed by atoms with Crippen molar-refractivity contribution in [2.45, 2.75) is 0 Å². The van der Waals surface area contributed by atoms with Crippen LogP contribution in [-0.2, 0) is 0 Å². The Morgan fingerprint density at radius 1 is 1.40 bits per heavy atom. The third-order valence-corrected chi connectivity index (χ3v) is 1.77. The van der Waals surface area contributed by atoms with Crippen LogP contribution in [0.1, 0.15) is 0 Å². The SMILES string of the molecule is CN(C)Nc1nc(NN)nc2[nH]ncc12. The summed E-state index contributed by atoms with van der Waals surface area (Å²) in [6, 6.07) is 0. The Morgan fingerprint density at radius 3 is 2.87 bits per heavy atom. The second-order valence-electron chi connectivity index (χ2n) is 3.18. The van der Waals surface area contributed by atoms with Crippen LogP contribution in [0.3, 0.4) is 0 Å². The lowest BCUT2D eigenvalue weighted by Gasteiger charge is -2.13. The van der Waals surface area contributed by atoms with Crippen molar-refractivity contribution in [3.63, 3.8) is 0 Å². The zero-order valence-corrected chi connectivity index (χ0v) is 8.44. The second kappa shape index (κ2) is 3.67. The zero-order valence-electron chi connectivity index (χ0n) is 8.44. The molecule has 0 bridgehead atoms. The summed E-state index contributed by atoms with van der Waals surface area (Å²) in [6.45, 7) is 0. The molecule has 0 unspecified atom stereocenters. The lowest BCUT2D eigenvalue weighted by atomic mass is 10.4. The molecular weight excluding hydrogens is 196 g/mol. The van der Waals surface area contributed by atoms with E-state index in [0.29, 0.717) is 17.4 Å². The van der Waals surface area contributed by atoms with E-state index < -0.39 is 0 Å². The lowest BCUT2D eigenvalue weighted by molar-refractivity contribution is 0.493. The largest absolute Gasteiger partial charge is 0.303 e. The minimum atomic E-state index is 0.330. The van der Waals surface area contributed by atoms with Crippen LogP contribution in [0.5, 0.6) is 0 Å². The van der Waals surface area contributed by atoms with Crippen LogP contribution >= 0.6 is 0 Å². The fourth-order valence-corrected chi connectivity index (χ4v) is 1.20. The van der Waals surface area contributed by atoms with Crippen LogP contribution < -0.4 is 16.7 Å². The highest BCUT2D eigenvalue weighted by atomic mass is 15.5. The molecule has 80 valence electrons. The van der Waals surface area contributed by atoms with Crippen LogP contribution in [0.2, 0.25) is 0 Å². The first kappa shape index (κ1) is 9.62. The maximum Gasteiger partial charge on any atom is 0.241 e. The first-order chi connectivity index (χ1) is 7.20. The highest BCUT2D eigenvalue weighted by Gasteiger charge is 2.08. The summed E-state index contributed by atoms with van der Waals surface area (Å²) in [4.78, 5) is 8.27. The molecule has 5 N–H and O–H groups in total. The number of hydrazine groups is 2. The molecule has 0 amide bonds. The predicted molar refractivity (Wildman–Crippen MR) is 56.8 cm³/mol. The molecule has 0 saturated carbocycles. The molecule has 0 saturated heterocycles. The number of hydrogen-bond donors (Lipinski definition) is 4. The van der Waals surface area contributed by atoms with E-state index in [9.17, 15) is 0 Å². The summed E-state index contributed by atoms with van der Waals surface area (Å²) in [5.74, 6) is 6.23. The van der Waals surface area contributed by atoms with Crippen molar-refractivity contribution in [3.05, 3.63) is 6.20 Å². The summed E-state index contributed by atoms with van der Waals surface area (Å²) in [5, 5.41) is 9.22. The van der Waals surface area contributed by atoms with Crippen molar-refractivity contribution in [2.75, 3.05) is 24.9 Å². The lowest BCUT2D eigenvalue weighted by Crippen LogP contribution is -2.21. The highest BCUT2D eigenvalue weighted by Crippen LogP contribution is 2.19. The smallest absolute Gasteiger partial charge is 0.241 e. The molecule has 0 aromatic carbocycles. The van der Waals surface area contributed by atoms with Gasteiger partial charge in [0, 0.05) is 14.1 Å². The van der Waals surface area contributed by atoms with Gasteiger partial charge in [-0.2, -0.15) is 15.1 Å². The maximum absolute atomic E-state index is 5.26. The number of nitrogen functional groups attached to an aromatic ring is 1. The molecule has 0 aliphatic rings. The molecule has 0 atom stereocenters. The van der Waals surface area contributed by atoms with Gasteiger partial charge in [0.05, 0.1) is 11.6 Å². The van der Waals surface area contributed by atoms with E-state index in [1.165, 1.54) is 0 Å². The molecule has 2 rings (SSSR count). The van der Waals surface area contributed by atoms with Gasteiger partial charge in [0.25, 0.3) is 0 Å². The molecule has 0 aliphatic heterocycles. The molecule has 8 heteroatoms. The number of rotatable bonds is 3. The van der Waals surface area contributed by atoms with Gasteiger partial charge in [0.2, 0.25) is 5.95 Å². The van der Waals surface area contributed by atoms with Crippen LogP contribution in [0, 0.1) is 0 Å². The van der Waals surface area contributed by atoms with E-state index in [1.54, 1.807) is 11.2 Å². The molecule has 2 aromatic rings. The third-order valence-electron chi connectivity index (χ3n) is 1.77. The maximum atomic E-state index is 5.26. The van der Waals surface area contributed by atoms with Gasteiger partial charge in [-0.25, -0.2) is 10.9 Å². The van der Waals surface area contributed by atoms with Crippen LogP contribution in [-0.4, -0.2) is 39.3 Å². The Kier molecular flexibility index (Phi) is 2.35. The predicted octanol–water partition coefficient (Wildman–Crippen LogP) is -0.473. The third kappa shape index (κ3) is 1.80. The highest BCUT2D eigenvalue weighted by molar-refractivity contribution is 5.86. The van der Waals surface area contributed by atoms with E-state index in [4.69, 9.17) is 5.84 Å². The minimum absolute atomic E-state index is 0.330. The van der Waals surface area contributed by atoms with E-state index in [2.05, 4.69) is 31.0 Å². The van der Waals surface area contributed by atoms with E-state index in [1.807, 2.05) is 14.1 Å². The number of fused-ring (bicyclic) bond motifs is 1. The summed E-state index contributed by atoms with van der Waals surface area (Å²) in [5.41, 5.74) is 6.06. The number of anilines is 2. The molecule has 2 heterocycles. The molecule has 8 nitrogen and oxygen atoms in total. The van der Waals surface area contributed by atoms with Gasteiger partial charge in [-0.15, -0.1) is 0 Å². The number of H-pyrrole nitrogens is 1. The number of hydrogen-bond acceptors (Lipinski definition) is 7. The van der Waals surface area contributed by atoms with Gasteiger partial charge in [0.1, 0.15) is 0 Å². The van der Waals surface area contributed by atoms with Crippen molar-refractivity contribution in [1.29, 1.82) is 0 Å². The number of aromatic amines is 1. The second-order valence-corrected chi connectivity index (χ2v) is 3.18. The Bertz CT molecular complexity index is 461. The quantitative estimate of drug-likeness (QED) is 0.399. The Hall–Kier alpha value is -1.93. The molecule has 15 heavy (non-hydrogen) atoms. The van der Waals surface area contributed by atoms with Crippen molar-refractivity contribution in [1.82, 2.24) is 25.2 Å². The van der Waals surface area contributed by atoms with Crippen molar-refractivity contribution < 1.29 is 0 Å². The first-order valence-corrected chi connectivity index (χ1v) is 4.32. The summed E-state index contributed by atoms with van der Waals surface area (Å²) in [6.07, 6.45) is 1.65. The van der Waals surface area contributed by atoms with Crippen molar-refractivity contribution in [2.24, 2.45) is 5.84 Å². The van der Waals surface area contributed by atoms with Crippen molar-refractivity contribution >= 4 is 22.8 Å². The standard InChI is InChI=1S/C7H12N8/c1-15(2)14-6-4-3-9-13-5(4)10-7(11-6)12-8/h3H,8H2,1-2H3,(H3,9,10,11,12,13,14). The molecule has 0 aliphatic carbocycles. The topological polar surface area (TPSA) is 108 Å². The molecular formula is C7H12N8. The minimum Gasteiger partial charge on any atom is -0.303 e. The van der Waals surface area contributed by atoms with E-state index in [0.717, 1.165) is 5.39 Å². The average molecular weight is 208 g/mol. The van der Waals surface area contributed by atoms with Gasteiger partial charge in [-0.05, 0) is 0 Å². The van der Waals surface area contributed by atoms with Gasteiger partial charge in [-0.3, -0.25) is 10.5 Å². The fourth-order valence-electron chi connectivity index (χ4n) is 1.20. The monoisotopic (exact) mass is 208 g/mol. The molecule has 0 radical (unpaired) electrons. The molecule has 0 fully saturated rings. The van der Waals surface area contributed by atoms with Gasteiger partial charge >= 0.3 is 0 Å². The molecule has 2 aromatic heterocycles.